The number of halogens is 1. The number of rotatable bonds is 4. The van der Waals surface area contributed by atoms with Crippen molar-refractivity contribution in [1.29, 1.82) is 5.26 Å². The molecule has 3 rings (SSSR count). The zero-order valence-corrected chi connectivity index (χ0v) is 12.4. The molecule has 0 radical (unpaired) electrons. The second kappa shape index (κ2) is 6.44. The van der Waals surface area contributed by atoms with Gasteiger partial charge in [0, 0.05) is 25.7 Å². The van der Waals surface area contributed by atoms with Gasteiger partial charge in [0.1, 0.15) is 17.7 Å². The van der Waals surface area contributed by atoms with Crippen molar-refractivity contribution in [3.63, 3.8) is 0 Å². The molecule has 0 saturated carbocycles. The fraction of sp³-hybridized carbons (Fsp3) is 0.235. The zero-order chi connectivity index (χ0) is 16.2. The molecule has 0 aliphatic carbocycles. The molecule has 1 aliphatic rings. The lowest BCUT2D eigenvalue weighted by Gasteiger charge is -2.17. The van der Waals surface area contributed by atoms with Crippen LogP contribution in [0.4, 0.5) is 10.2 Å². The Kier molecular flexibility index (Phi) is 4.20. The summed E-state index contributed by atoms with van der Waals surface area (Å²) in [4.78, 5) is 18.0. The van der Waals surface area contributed by atoms with E-state index < -0.39 is 0 Å². The minimum Gasteiger partial charge on any atom is -0.364 e. The molecule has 1 aliphatic heterocycles. The molecule has 2 heterocycles. The maximum Gasteiger partial charge on any atom is 0.225 e. The van der Waals surface area contributed by atoms with Gasteiger partial charge in [-0.3, -0.25) is 4.79 Å². The van der Waals surface area contributed by atoms with E-state index in [0.29, 0.717) is 30.9 Å². The number of carbonyl (C=O) groups excluding carboxylic acids is 1. The molecule has 1 saturated heterocycles. The lowest BCUT2D eigenvalue weighted by Crippen LogP contribution is -2.28. The van der Waals surface area contributed by atoms with Crippen molar-refractivity contribution in [2.45, 2.75) is 19.0 Å². The Labute approximate surface area is 133 Å². The number of aromatic nitrogens is 1. The van der Waals surface area contributed by atoms with Crippen molar-refractivity contribution in [2.75, 3.05) is 11.9 Å². The van der Waals surface area contributed by atoms with Gasteiger partial charge in [0.15, 0.2) is 0 Å². The molecule has 116 valence electrons. The van der Waals surface area contributed by atoms with Crippen molar-refractivity contribution in [3.05, 3.63) is 59.5 Å². The number of amides is 1. The molecule has 1 N–H and O–H groups in total. The van der Waals surface area contributed by atoms with Crippen LogP contribution in [-0.4, -0.2) is 28.4 Å². The standard InChI is InChI=1S/C17H15FN4O/c18-14-5-1-3-12(7-14)10-22-11-15(8-16(22)23)21-17-13(9-19)4-2-6-20-17/h1-7,15H,8,10-11H2,(H,20,21)/t15-/m1/s1. The van der Waals surface area contributed by atoms with Crippen LogP contribution < -0.4 is 5.32 Å². The van der Waals surface area contributed by atoms with E-state index in [1.54, 1.807) is 35.4 Å². The number of nitrogens with zero attached hydrogens (tertiary/aromatic N) is 3. The normalized spacial score (nSPS) is 17.1. The van der Waals surface area contributed by atoms with Crippen LogP contribution in [0.5, 0.6) is 0 Å². The van der Waals surface area contributed by atoms with Crippen LogP contribution in [-0.2, 0) is 11.3 Å². The van der Waals surface area contributed by atoms with Gasteiger partial charge in [-0.25, -0.2) is 9.37 Å². The van der Waals surface area contributed by atoms with Gasteiger partial charge in [0.05, 0.1) is 11.6 Å². The number of benzene rings is 1. The van der Waals surface area contributed by atoms with E-state index in [0.717, 1.165) is 5.56 Å². The predicted octanol–water partition coefficient (Wildman–Crippen LogP) is 2.31. The van der Waals surface area contributed by atoms with Crippen molar-refractivity contribution >= 4 is 11.7 Å². The van der Waals surface area contributed by atoms with E-state index in [1.807, 2.05) is 0 Å². The van der Waals surface area contributed by atoms with E-state index >= 15 is 0 Å². The number of pyridine rings is 1. The predicted molar refractivity (Wildman–Crippen MR) is 82.8 cm³/mol. The molecule has 0 spiro atoms. The summed E-state index contributed by atoms with van der Waals surface area (Å²) in [5.41, 5.74) is 1.21. The Bertz CT molecular complexity index is 771. The van der Waals surface area contributed by atoms with Gasteiger partial charge in [0.2, 0.25) is 5.91 Å². The van der Waals surface area contributed by atoms with E-state index in [-0.39, 0.29) is 17.8 Å². The van der Waals surface area contributed by atoms with Crippen molar-refractivity contribution in [2.24, 2.45) is 0 Å². The van der Waals surface area contributed by atoms with Gasteiger partial charge < -0.3 is 10.2 Å². The first-order valence-electron chi connectivity index (χ1n) is 7.29. The molecule has 1 atom stereocenters. The van der Waals surface area contributed by atoms with Crippen molar-refractivity contribution in [3.8, 4) is 6.07 Å². The number of anilines is 1. The Morgan fingerprint density at radius 2 is 2.26 bits per heavy atom. The third-order valence-corrected chi connectivity index (χ3v) is 3.75. The lowest BCUT2D eigenvalue weighted by molar-refractivity contribution is -0.128. The first-order valence-corrected chi connectivity index (χ1v) is 7.29. The second-order valence-electron chi connectivity index (χ2n) is 5.46. The summed E-state index contributed by atoms with van der Waals surface area (Å²) in [6, 6.07) is 11.6. The third kappa shape index (κ3) is 3.46. The average Bonchev–Trinajstić information content (AvgIpc) is 2.87. The Morgan fingerprint density at radius 3 is 3.04 bits per heavy atom. The molecule has 2 aromatic rings. The minimum absolute atomic E-state index is 0.00111. The quantitative estimate of drug-likeness (QED) is 0.941. The molecule has 1 aromatic heterocycles. The number of nitriles is 1. The van der Waals surface area contributed by atoms with Gasteiger partial charge >= 0.3 is 0 Å². The van der Waals surface area contributed by atoms with E-state index in [4.69, 9.17) is 5.26 Å². The molecule has 1 aromatic carbocycles. The van der Waals surface area contributed by atoms with Gasteiger partial charge in [0.25, 0.3) is 0 Å². The Hall–Kier alpha value is -2.94. The van der Waals surface area contributed by atoms with Crippen molar-refractivity contribution < 1.29 is 9.18 Å². The highest BCUT2D eigenvalue weighted by atomic mass is 19.1. The molecule has 5 nitrogen and oxygen atoms in total. The molecule has 6 heteroatoms. The molecule has 1 amide bonds. The van der Waals surface area contributed by atoms with Crippen molar-refractivity contribution in [1.82, 2.24) is 9.88 Å². The number of likely N-dealkylation sites (tertiary alicyclic amines) is 1. The second-order valence-corrected chi connectivity index (χ2v) is 5.46. The Balaban J connectivity index is 1.67. The first kappa shape index (κ1) is 15.0. The van der Waals surface area contributed by atoms with Crippen LogP contribution in [0.3, 0.4) is 0 Å². The molecular formula is C17H15FN4O. The Morgan fingerprint density at radius 1 is 1.39 bits per heavy atom. The molecule has 1 fully saturated rings. The number of carbonyl (C=O) groups is 1. The number of hydrogen-bond acceptors (Lipinski definition) is 4. The minimum atomic E-state index is -0.309. The topological polar surface area (TPSA) is 69.0 Å². The molecular weight excluding hydrogens is 295 g/mol. The van der Waals surface area contributed by atoms with Gasteiger partial charge in [-0.2, -0.15) is 5.26 Å². The number of hydrogen-bond donors (Lipinski definition) is 1. The largest absolute Gasteiger partial charge is 0.364 e. The summed E-state index contributed by atoms with van der Waals surface area (Å²) in [7, 11) is 0. The summed E-state index contributed by atoms with van der Waals surface area (Å²) in [5.74, 6) is 0.178. The zero-order valence-electron chi connectivity index (χ0n) is 12.4. The van der Waals surface area contributed by atoms with E-state index in [9.17, 15) is 9.18 Å². The van der Waals surface area contributed by atoms with Crippen LogP contribution in [0.1, 0.15) is 17.5 Å². The number of nitrogens with one attached hydrogen (secondary N) is 1. The van der Waals surface area contributed by atoms with Gasteiger partial charge in [-0.1, -0.05) is 12.1 Å². The van der Waals surface area contributed by atoms with Crippen LogP contribution in [0.2, 0.25) is 0 Å². The van der Waals surface area contributed by atoms with Crippen LogP contribution >= 0.6 is 0 Å². The van der Waals surface area contributed by atoms with Crippen LogP contribution in [0.15, 0.2) is 42.6 Å². The highest BCUT2D eigenvalue weighted by Crippen LogP contribution is 2.20. The van der Waals surface area contributed by atoms with Crippen LogP contribution in [0.25, 0.3) is 0 Å². The fourth-order valence-electron chi connectivity index (χ4n) is 2.68. The molecule has 0 bridgehead atoms. The summed E-state index contributed by atoms with van der Waals surface area (Å²) < 4.78 is 13.2. The average molecular weight is 310 g/mol. The maximum absolute atomic E-state index is 13.2. The smallest absolute Gasteiger partial charge is 0.225 e. The summed E-state index contributed by atoms with van der Waals surface area (Å²) in [5, 5.41) is 12.2. The summed E-state index contributed by atoms with van der Waals surface area (Å²) in [6.45, 7) is 0.874. The van der Waals surface area contributed by atoms with Crippen LogP contribution in [0, 0.1) is 17.1 Å². The molecule has 23 heavy (non-hydrogen) atoms. The monoisotopic (exact) mass is 310 g/mol. The lowest BCUT2D eigenvalue weighted by atomic mass is 10.2. The highest BCUT2D eigenvalue weighted by molar-refractivity contribution is 5.80. The highest BCUT2D eigenvalue weighted by Gasteiger charge is 2.30. The van der Waals surface area contributed by atoms with E-state index in [2.05, 4.69) is 16.4 Å². The summed E-state index contributed by atoms with van der Waals surface area (Å²) in [6.07, 6.45) is 1.93. The third-order valence-electron chi connectivity index (χ3n) is 3.75. The van der Waals surface area contributed by atoms with E-state index in [1.165, 1.54) is 12.1 Å². The van der Waals surface area contributed by atoms with Gasteiger partial charge in [-0.15, -0.1) is 0 Å². The fourth-order valence-corrected chi connectivity index (χ4v) is 2.68. The maximum atomic E-state index is 13.2. The SMILES string of the molecule is N#Cc1cccnc1N[C@@H]1CC(=O)N(Cc2cccc(F)c2)C1. The summed E-state index contributed by atoms with van der Waals surface area (Å²) >= 11 is 0. The first-order chi connectivity index (χ1) is 11.2. The molecule has 0 unspecified atom stereocenters. The van der Waals surface area contributed by atoms with Gasteiger partial charge in [-0.05, 0) is 29.8 Å².